The van der Waals surface area contributed by atoms with Crippen LogP contribution in [0.2, 0.25) is 0 Å². The summed E-state index contributed by atoms with van der Waals surface area (Å²) < 4.78 is 0. The highest BCUT2D eigenvalue weighted by Crippen LogP contribution is 2.18. The summed E-state index contributed by atoms with van der Waals surface area (Å²) in [5.41, 5.74) is 1.98. The van der Waals surface area contributed by atoms with Crippen LogP contribution in [-0.4, -0.2) is 47.7 Å². The number of nitrogens with one attached hydrogen (secondary N) is 2. The monoisotopic (exact) mass is 291 g/mol. The second-order valence-electron chi connectivity index (χ2n) is 5.46. The van der Waals surface area contributed by atoms with Gasteiger partial charge in [0.1, 0.15) is 0 Å². The Bertz CT molecular complexity index is 474. The van der Waals surface area contributed by atoms with Crippen LogP contribution in [-0.2, 0) is 11.3 Å². The fraction of sp³-hybridized carbons (Fsp3) is 0.562. The smallest absolute Gasteiger partial charge is 0.241 e. The van der Waals surface area contributed by atoms with E-state index in [2.05, 4.69) is 29.4 Å². The molecule has 0 aromatic heterocycles. The number of hydrogen-bond acceptors (Lipinski definition) is 4. The molecule has 2 atom stereocenters. The van der Waals surface area contributed by atoms with Gasteiger partial charge < -0.3 is 15.7 Å². The molecule has 2 unspecified atom stereocenters. The predicted molar refractivity (Wildman–Crippen MR) is 84.1 cm³/mol. The van der Waals surface area contributed by atoms with Crippen LogP contribution in [0.4, 0.5) is 5.69 Å². The lowest BCUT2D eigenvalue weighted by Gasteiger charge is -2.21. The van der Waals surface area contributed by atoms with Crippen LogP contribution in [0, 0.1) is 0 Å². The van der Waals surface area contributed by atoms with Crippen molar-refractivity contribution in [2.24, 2.45) is 0 Å². The number of β-amino-alcohol motifs (C(OH)–C–C–N with tert-alkyl or cyclic N) is 1. The van der Waals surface area contributed by atoms with Crippen molar-refractivity contribution in [1.29, 1.82) is 0 Å². The van der Waals surface area contributed by atoms with E-state index in [0.29, 0.717) is 13.0 Å². The van der Waals surface area contributed by atoms with Gasteiger partial charge in [0.15, 0.2) is 0 Å². The lowest BCUT2D eigenvalue weighted by atomic mass is 10.1. The molecular weight excluding hydrogens is 266 g/mol. The number of hydrogen-bond donors (Lipinski definition) is 3. The summed E-state index contributed by atoms with van der Waals surface area (Å²) in [6.45, 7) is 7.54. The van der Waals surface area contributed by atoms with Gasteiger partial charge in [-0.1, -0.05) is 32.0 Å². The maximum atomic E-state index is 12.2. The Kier molecular flexibility index (Phi) is 5.73. The molecule has 0 spiro atoms. The Morgan fingerprint density at radius 2 is 2.10 bits per heavy atom. The summed E-state index contributed by atoms with van der Waals surface area (Å²) in [6, 6.07) is 7.60. The van der Waals surface area contributed by atoms with Crippen molar-refractivity contribution in [3.8, 4) is 0 Å². The van der Waals surface area contributed by atoms with Gasteiger partial charge >= 0.3 is 0 Å². The maximum absolute atomic E-state index is 12.2. The van der Waals surface area contributed by atoms with Crippen LogP contribution in [0.5, 0.6) is 0 Å². The third-order valence-electron chi connectivity index (χ3n) is 3.99. The summed E-state index contributed by atoms with van der Waals surface area (Å²) in [5, 5.41) is 15.5. The highest BCUT2D eigenvalue weighted by molar-refractivity contribution is 5.95. The van der Waals surface area contributed by atoms with Gasteiger partial charge in [-0.25, -0.2) is 0 Å². The number of amides is 1. The molecule has 21 heavy (non-hydrogen) atoms. The minimum atomic E-state index is -0.424. The average Bonchev–Trinajstić information content (AvgIpc) is 2.93. The van der Waals surface area contributed by atoms with Crippen molar-refractivity contribution < 1.29 is 9.90 Å². The summed E-state index contributed by atoms with van der Waals surface area (Å²) in [6.07, 6.45) is 0.0519. The van der Waals surface area contributed by atoms with E-state index in [1.165, 1.54) is 0 Å². The fourth-order valence-electron chi connectivity index (χ4n) is 2.60. The van der Waals surface area contributed by atoms with Crippen molar-refractivity contribution in [3.63, 3.8) is 0 Å². The van der Waals surface area contributed by atoms with Gasteiger partial charge in [-0.2, -0.15) is 0 Å². The minimum absolute atomic E-state index is 0.0708. The zero-order chi connectivity index (χ0) is 15.2. The van der Waals surface area contributed by atoms with E-state index in [4.69, 9.17) is 0 Å². The fourth-order valence-corrected chi connectivity index (χ4v) is 2.60. The molecule has 0 aliphatic carbocycles. The molecule has 5 nitrogen and oxygen atoms in total. The largest absolute Gasteiger partial charge is 0.392 e. The molecule has 1 aromatic carbocycles. The van der Waals surface area contributed by atoms with Crippen LogP contribution in [0.1, 0.15) is 25.8 Å². The first kappa shape index (κ1) is 15.9. The Balaban J connectivity index is 2.04. The SMILES string of the molecule is CCN(CC)Cc1ccccc1NC(=O)C1CC(O)CN1. The van der Waals surface area contributed by atoms with Crippen molar-refractivity contribution >= 4 is 11.6 Å². The molecule has 0 saturated carbocycles. The lowest BCUT2D eigenvalue weighted by molar-refractivity contribution is -0.117. The second kappa shape index (κ2) is 7.54. The summed E-state index contributed by atoms with van der Waals surface area (Å²) >= 11 is 0. The van der Waals surface area contributed by atoms with Crippen LogP contribution < -0.4 is 10.6 Å². The zero-order valence-electron chi connectivity index (χ0n) is 12.8. The normalized spacial score (nSPS) is 21.7. The Labute approximate surface area is 126 Å². The first-order valence-corrected chi connectivity index (χ1v) is 7.66. The van der Waals surface area contributed by atoms with E-state index < -0.39 is 6.10 Å². The molecule has 1 fully saturated rings. The topological polar surface area (TPSA) is 64.6 Å². The quantitative estimate of drug-likeness (QED) is 0.737. The second-order valence-corrected chi connectivity index (χ2v) is 5.46. The highest BCUT2D eigenvalue weighted by atomic mass is 16.3. The van der Waals surface area contributed by atoms with Crippen LogP contribution >= 0.6 is 0 Å². The van der Waals surface area contributed by atoms with Gasteiger partial charge in [-0.05, 0) is 31.1 Å². The van der Waals surface area contributed by atoms with Gasteiger partial charge in [0, 0.05) is 18.8 Å². The minimum Gasteiger partial charge on any atom is -0.392 e. The molecule has 2 rings (SSSR count). The molecule has 1 aliphatic heterocycles. The number of benzene rings is 1. The average molecular weight is 291 g/mol. The van der Waals surface area contributed by atoms with E-state index in [0.717, 1.165) is 30.9 Å². The highest BCUT2D eigenvalue weighted by Gasteiger charge is 2.28. The third-order valence-corrected chi connectivity index (χ3v) is 3.99. The summed E-state index contributed by atoms with van der Waals surface area (Å²) in [7, 11) is 0. The van der Waals surface area contributed by atoms with Crippen molar-refractivity contribution in [2.45, 2.75) is 39.0 Å². The standard InChI is InChI=1S/C16H25N3O2/c1-3-19(4-2)11-12-7-5-6-8-14(12)18-16(21)15-9-13(20)10-17-15/h5-8,13,15,17,20H,3-4,9-11H2,1-2H3,(H,18,21). The van der Waals surface area contributed by atoms with Gasteiger partial charge in [-0.3, -0.25) is 9.69 Å². The molecule has 1 amide bonds. The van der Waals surface area contributed by atoms with E-state index in [1.807, 2.05) is 24.3 Å². The number of aliphatic hydroxyl groups excluding tert-OH is 1. The molecular formula is C16H25N3O2. The third kappa shape index (κ3) is 4.27. The number of carbonyl (C=O) groups is 1. The van der Waals surface area contributed by atoms with E-state index in [9.17, 15) is 9.90 Å². The molecule has 5 heteroatoms. The van der Waals surface area contributed by atoms with Gasteiger partial charge in [0.25, 0.3) is 0 Å². The molecule has 3 N–H and O–H groups in total. The predicted octanol–water partition coefficient (Wildman–Crippen LogP) is 1.19. The number of para-hydroxylation sites is 1. The number of rotatable bonds is 6. The molecule has 0 bridgehead atoms. The lowest BCUT2D eigenvalue weighted by Crippen LogP contribution is -2.36. The molecule has 1 heterocycles. The Morgan fingerprint density at radius 1 is 1.38 bits per heavy atom. The zero-order valence-corrected chi connectivity index (χ0v) is 12.8. The maximum Gasteiger partial charge on any atom is 0.241 e. The van der Waals surface area contributed by atoms with Crippen LogP contribution in [0.25, 0.3) is 0 Å². The number of nitrogens with zero attached hydrogens (tertiary/aromatic N) is 1. The molecule has 1 saturated heterocycles. The van der Waals surface area contributed by atoms with Crippen LogP contribution in [0.3, 0.4) is 0 Å². The van der Waals surface area contributed by atoms with Crippen LogP contribution in [0.15, 0.2) is 24.3 Å². The Hall–Kier alpha value is -1.43. The molecule has 1 aromatic rings. The first-order valence-electron chi connectivity index (χ1n) is 7.66. The molecule has 116 valence electrons. The first-order chi connectivity index (χ1) is 10.1. The number of anilines is 1. The van der Waals surface area contributed by atoms with Crippen molar-refractivity contribution in [1.82, 2.24) is 10.2 Å². The summed E-state index contributed by atoms with van der Waals surface area (Å²) in [5.74, 6) is -0.0708. The molecule has 0 radical (unpaired) electrons. The van der Waals surface area contributed by atoms with E-state index >= 15 is 0 Å². The van der Waals surface area contributed by atoms with E-state index in [-0.39, 0.29) is 11.9 Å². The number of carbonyl (C=O) groups excluding carboxylic acids is 1. The van der Waals surface area contributed by atoms with Gasteiger partial charge in [-0.15, -0.1) is 0 Å². The van der Waals surface area contributed by atoms with E-state index in [1.54, 1.807) is 0 Å². The van der Waals surface area contributed by atoms with Crippen molar-refractivity contribution in [3.05, 3.63) is 29.8 Å². The Morgan fingerprint density at radius 3 is 2.71 bits per heavy atom. The molecule has 1 aliphatic rings. The van der Waals surface area contributed by atoms with Crippen molar-refractivity contribution in [2.75, 3.05) is 25.0 Å². The van der Waals surface area contributed by atoms with Gasteiger partial charge in [0.2, 0.25) is 5.91 Å². The number of aliphatic hydroxyl groups is 1. The summed E-state index contributed by atoms with van der Waals surface area (Å²) in [4.78, 5) is 14.5. The van der Waals surface area contributed by atoms with Gasteiger partial charge in [0.05, 0.1) is 12.1 Å².